The molecule has 3 rings (SSSR count). The number of fused-ring (bicyclic) bond motifs is 1. The largest absolute Gasteiger partial charge is 0.497 e. The molecule has 0 atom stereocenters. The molecule has 2 aromatic carbocycles. The van der Waals surface area contributed by atoms with E-state index >= 15 is 0 Å². The van der Waals surface area contributed by atoms with Gasteiger partial charge < -0.3 is 14.2 Å². The van der Waals surface area contributed by atoms with Crippen LogP contribution in [0.4, 0.5) is 0 Å². The monoisotopic (exact) mass is 284 g/mol. The van der Waals surface area contributed by atoms with Crippen molar-refractivity contribution in [2.75, 3.05) is 20.8 Å². The number of hydrogen-bond donors (Lipinski definition) is 0. The van der Waals surface area contributed by atoms with E-state index in [0.717, 1.165) is 17.7 Å². The first-order valence-electron chi connectivity index (χ1n) is 6.75. The van der Waals surface area contributed by atoms with E-state index in [4.69, 9.17) is 14.2 Å². The lowest BCUT2D eigenvalue weighted by Gasteiger charge is -2.08. The number of rotatable bonds is 4. The smallest absolute Gasteiger partial charge is 0.193 e. The highest BCUT2D eigenvalue weighted by atomic mass is 16.5. The average molecular weight is 284 g/mol. The van der Waals surface area contributed by atoms with Crippen molar-refractivity contribution in [3.05, 3.63) is 53.1 Å². The maximum Gasteiger partial charge on any atom is 0.193 e. The molecular weight excluding hydrogens is 268 g/mol. The summed E-state index contributed by atoms with van der Waals surface area (Å²) in [4.78, 5) is 12.6. The number of benzene rings is 2. The summed E-state index contributed by atoms with van der Waals surface area (Å²) in [5.41, 5.74) is 2.27. The lowest BCUT2D eigenvalue weighted by atomic mass is 10.00. The van der Waals surface area contributed by atoms with Crippen LogP contribution >= 0.6 is 0 Å². The number of ether oxygens (including phenoxy) is 3. The third-order valence-electron chi connectivity index (χ3n) is 3.57. The Labute approximate surface area is 123 Å². The molecule has 4 heteroatoms. The highest BCUT2D eigenvalue weighted by molar-refractivity contribution is 6.09. The van der Waals surface area contributed by atoms with E-state index in [1.165, 1.54) is 0 Å². The maximum atomic E-state index is 12.6. The minimum absolute atomic E-state index is 0.0538. The van der Waals surface area contributed by atoms with Crippen molar-refractivity contribution in [3.63, 3.8) is 0 Å². The summed E-state index contributed by atoms with van der Waals surface area (Å²) in [6.07, 6.45) is 0.845. The minimum Gasteiger partial charge on any atom is -0.497 e. The number of carbonyl (C=O) groups is 1. The summed E-state index contributed by atoms with van der Waals surface area (Å²) >= 11 is 0. The summed E-state index contributed by atoms with van der Waals surface area (Å²) in [7, 11) is 3.13. The van der Waals surface area contributed by atoms with Gasteiger partial charge >= 0.3 is 0 Å². The fourth-order valence-electron chi connectivity index (χ4n) is 2.43. The van der Waals surface area contributed by atoms with Crippen LogP contribution in [0.5, 0.6) is 17.2 Å². The maximum absolute atomic E-state index is 12.6. The van der Waals surface area contributed by atoms with Gasteiger partial charge in [-0.3, -0.25) is 4.79 Å². The molecular formula is C17H16O4. The summed E-state index contributed by atoms with van der Waals surface area (Å²) in [6, 6.07) is 10.7. The first-order chi connectivity index (χ1) is 10.2. The van der Waals surface area contributed by atoms with Crippen molar-refractivity contribution >= 4 is 5.78 Å². The Morgan fingerprint density at radius 3 is 2.38 bits per heavy atom. The Morgan fingerprint density at radius 1 is 1.00 bits per heavy atom. The van der Waals surface area contributed by atoms with Crippen LogP contribution in [0.3, 0.4) is 0 Å². The van der Waals surface area contributed by atoms with Crippen LogP contribution < -0.4 is 14.2 Å². The molecule has 0 radical (unpaired) electrons. The second-order valence-corrected chi connectivity index (χ2v) is 4.85. The normalized spacial score (nSPS) is 12.5. The van der Waals surface area contributed by atoms with Crippen molar-refractivity contribution in [3.8, 4) is 17.2 Å². The molecule has 0 spiro atoms. The van der Waals surface area contributed by atoms with E-state index in [-0.39, 0.29) is 5.78 Å². The summed E-state index contributed by atoms with van der Waals surface area (Å²) in [5, 5.41) is 0. The van der Waals surface area contributed by atoms with Crippen LogP contribution in [0.15, 0.2) is 36.4 Å². The van der Waals surface area contributed by atoms with Crippen LogP contribution in [-0.2, 0) is 6.42 Å². The van der Waals surface area contributed by atoms with Gasteiger partial charge in [-0.15, -0.1) is 0 Å². The molecule has 0 aliphatic carbocycles. The molecule has 4 nitrogen and oxygen atoms in total. The first kappa shape index (κ1) is 13.5. The number of ketones is 1. The molecule has 0 bridgehead atoms. The van der Waals surface area contributed by atoms with Gasteiger partial charge in [0.1, 0.15) is 17.2 Å². The molecule has 0 unspecified atom stereocenters. The number of carbonyl (C=O) groups excluding carboxylic acids is 1. The van der Waals surface area contributed by atoms with Crippen LogP contribution in [0, 0.1) is 0 Å². The molecule has 0 aromatic heterocycles. The molecule has 1 aliphatic heterocycles. The van der Waals surface area contributed by atoms with Crippen LogP contribution in [-0.4, -0.2) is 26.6 Å². The second-order valence-electron chi connectivity index (χ2n) is 4.85. The zero-order chi connectivity index (χ0) is 14.8. The van der Waals surface area contributed by atoms with E-state index in [0.29, 0.717) is 29.2 Å². The average Bonchev–Trinajstić information content (AvgIpc) is 3.01. The number of methoxy groups -OCH3 is 2. The number of hydrogen-bond acceptors (Lipinski definition) is 4. The zero-order valence-corrected chi connectivity index (χ0v) is 12.0. The highest BCUT2D eigenvalue weighted by Crippen LogP contribution is 2.28. The topological polar surface area (TPSA) is 44.8 Å². The van der Waals surface area contributed by atoms with Gasteiger partial charge in [-0.25, -0.2) is 0 Å². The Hall–Kier alpha value is -2.49. The minimum atomic E-state index is -0.0538. The molecule has 0 saturated heterocycles. The third-order valence-corrected chi connectivity index (χ3v) is 3.57. The molecule has 0 fully saturated rings. The van der Waals surface area contributed by atoms with Crippen LogP contribution in [0.25, 0.3) is 0 Å². The first-order valence-corrected chi connectivity index (χ1v) is 6.75. The molecule has 1 heterocycles. The van der Waals surface area contributed by atoms with Gasteiger partial charge in [0.25, 0.3) is 0 Å². The summed E-state index contributed by atoms with van der Waals surface area (Å²) < 4.78 is 15.9. The van der Waals surface area contributed by atoms with Crippen LogP contribution in [0.1, 0.15) is 21.5 Å². The van der Waals surface area contributed by atoms with Gasteiger partial charge in [-0.2, -0.15) is 0 Å². The van der Waals surface area contributed by atoms with E-state index in [1.807, 2.05) is 12.1 Å². The van der Waals surface area contributed by atoms with Gasteiger partial charge in [-0.05, 0) is 35.9 Å². The highest BCUT2D eigenvalue weighted by Gasteiger charge is 2.17. The van der Waals surface area contributed by atoms with E-state index in [2.05, 4.69) is 0 Å². The molecule has 0 N–H and O–H groups in total. The summed E-state index contributed by atoms with van der Waals surface area (Å²) in [6.45, 7) is 0.681. The molecule has 2 aromatic rings. The Bertz CT molecular complexity index is 669. The Kier molecular flexibility index (Phi) is 3.52. The predicted molar refractivity (Wildman–Crippen MR) is 78.6 cm³/mol. The molecule has 108 valence electrons. The summed E-state index contributed by atoms with van der Waals surface area (Å²) in [5.74, 6) is 2.01. The van der Waals surface area contributed by atoms with Gasteiger partial charge in [0, 0.05) is 23.6 Å². The fraction of sp³-hybridized carbons (Fsp3) is 0.235. The standard InChI is InChI=1S/C17H16O4/c1-19-14-8-13(9-15(10-14)20-2)17(18)12-3-4-16-11(7-12)5-6-21-16/h3-4,7-10H,5-6H2,1-2H3. The molecule has 0 saturated carbocycles. The molecule has 1 aliphatic rings. The molecule has 0 amide bonds. The quantitative estimate of drug-likeness (QED) is 0.810. The van der Waals surface area contributed by atoms with Crippen molar-refractivity contribution in [2.24, 2.45) is 0 Å². The Morgan fingerprint density at radius 2 is 1.71 bits per heavy atom. The van der Waals surface area contributed by atoms with E-state index in [9.17, 15) is 4.79 Å². The lowest BCUT2D eigenvalue weighted by molar-refractivity contribution is 0.103. The predicted octanol–water partition coefficient (Wildman–Crippen LogP) is 2.87. The fourth-order valence-corrected chi connectivity index (χ4v) is 2.43. The van der Waals surface area contributed by atoms with Gasteiger partial charge in [0.2, 0.25) is 0 Å². The van der Waals surface area contributed by atoms with Gasteiger partial charge in [-0.1, -0.05) is 0 Å². The third kappa shape index (κ3) is 2.57. The van der Waals surface area contributed by atoms with Gasteiger partial charge in [0.05, 0.1) is 20.8 Å². The zero-order valence-electron chi connectivity index (χ0n) is 12.0. The van der Waals surface area contributed by atoms with E-state index < -0.39 is 0 Å². The van der Waals surface area contributed by atoms with Crippen molar-refractivity contribution in [1.29, 1.82) is 0 Å². The van der Waals surface area contributed by atoms with Crippen LogP contribution in [0.2, 0.25) is 0 Å². The SMILES string of the molecule is COc1cc(OC)cc(C(=O)c2ccc3c(c2)CCO3)c1. The van der Waals surface area contributed by atoms with E-state index in [1.54, 1.807) is 38.5 Å². The van der Waals surface area contributed by atoms with Crippen molar-refractivity contribution in [1.82, 2.24) is 0 Å². The van der Waals surface area contributed by atoms with Crippen molar-refractivity contribution in [2.45, 2.75) is 6.42 Å². The lowest BCUT2D eigenvalue weighted by Crippen LogP contribution is -2.03. The van der Waals surface area contributed by atoms with Crippen molar-refractivity contribution < 1.29 is 19.0 Å². The van der Waals surface area contributed by atoms with Gasteiger partial charge in [0.15, 0.2) is 5.78 Å². The Balaban J connectivity index is 1.98. The second kappa shape index (κ2) is 5.48. The molecule has 21 heavy (non-hydrogen) atoms.